The highest BCUT2D eigenvalue weighted by atomic mass is 32.1. The van der Waals surface area contributed by atoms with Crippen molar-refractivity contribution >= 4 is 44.8 Å². The highest BCUT2D eigenvalue weighted by molar-refractivity contribution is 7.17. The van der Waals surface area contributed by atoms with Gasteiger partial charge in [-0.3, -0.25) is 4.90 Å². The monoisotopic (exact) mass is 529 g/mol. The maximum Gasteiger partial charge on any atom is 0.248 e. The van der Waals surface area contributed by atoms with E-state index >= 15 is 0 Å². The Morgan fingerprint density at radius 2 is 1.97 bits per heavy atom. The average molecular weight is 530 g/mol. The number of hydrogen-bond acceptors (Lipinski definition) is 9. The molecule has 0 unspecified atom stereocenters. The number of thiophene rings is 1. The molecule has 1 aliphatic heterocycles. The number of piperazine rings is 1. The molecule has 2 aliphatic carbocycles. The number of benzene rings is 1. The van der Waals surface area contributed by atoms with Crippen molar-refractivity contribution in [2.45, 2.75) is 58.5 Å². The number of aryl methyl sites for hydroxylation is 2. The zero-order valence-corrected chi connectivity index (χ0v) is 23.1. The van der Waals surface area contributed by atoms with Crippen molar-refractivity contribution in [1.29, 1.82) is 0 Å². The van der Waals surface area contributed by atoms with Gasteiger partial charge in [0.15, 0.2) is 5.82 Å². The van der Waals surface area contributed by atoms with Gasteiger partial charge in [0.2, 0.25) is 11.9 Å². The second kappa shape index (κ2) is 9.20. The maximum absolute atomic E-state index is 6.25. The van der Waals surface area contributed by atoms with Gasteiger partial charge in [-0.1, -0.05) is 6.42 Å². The minimum atomic E-state index is 0.286. The van der Waals surface area contributed by atoms with Gasteiger partial charge >= 0.3 is 0 Å². The number of nitrogen functional groups attached to an aromatic ring is 1. The first-order valence-corrected chi connectivity index (χ1v) is 14.6. The molecular weight excluding hydrogens is 494 g/mol. The summed E-state index contributed by atoms with van der Waals surface area (Å²) in [6, 6.07) is 7.91. The van der Waals surface area contributed by atoms with Crippen LogP contribution in [0.3, 0.4) is 0 Å². The Kier molecular flexibility index (Phi) is 5.77. The largest absolute Gasteiger partial charge is 0.368 e. The molecular formula is C28H35N9S. The third-order valence-corrected chi connectivity index (χ3v) is 10.0. The van der Waals surface area contributed by atoms with Crippen LogP contribution in [0, 0.1) is 25.7 Å². The van der Waals surface area contributed by atoms with Crippen molar-refractivity contribution in [3.05, 3.63) is 41.0 Å². The van der Waals surface area contributed by atoms with Gasteiger partial charge in [-0.25, -0.2) is 9.97 Å². The normalized spacial score (nSPS) is 25.5. The molecule has 1 aromatic carbocycles. The Hall–Kier alpha value is -3.24. The molecule has 3 N–H and O–H groups in total. The second-order valence-electron chi connectivity index (χ2n) is 11.4. The van der Waals surface area contributed by atoms with Crippen LogP contribution in [0.4, 0.5) is 23.3 Å². The molecule has 4 aromatic rings. The third-order valence-electron chi connectivity index (χ3n) is 8.94. The Labute approximate surface area is 227 Å². The number of aromatic nitrogens is 5. The highest BCUT2D eigenvalue weighted by Gasteiger charge is 2.44. The summed E-state index contributed by atoms with van der Waals surface area (Å²) >= 11 is 1.59. The molecule has 10 heteroatoms. The van der Waals surface area contributed by atoms with E-state index in [0.717, 1.165) is 59.0 Å². The molecule has 1 saturated heterocycles. The van der Waals surface area contributed by atoms with E-state index in [4.69, 9.17) is 5.73 Å². The van der Waals surface area contributed by atoms with Crippen LogP contribution in [0.15, 0.2) is 29.9 Å². The fourth-order valence-corrected chi connectivity index (χ4v) is 8.13. The topological polar surface area (TPSA) is 101 Å². The van der Waals surface area contributed by atoms with Crippen LogP contribution in [-0.4, -0.2) is 61.4 Å². The summed E-state index contributed by atoms with van der Waals surface area (Å²) in [5.41, 5.74) is 11.8. The van der Waals surface area contributed by atoms with E-state index in [-0.39, 0.29) is 5.95 Å². The number of nitrogens with two attached hydrogens (primary N) is 1. The predicted molar refractivity (Wildman–Crippen MR) is 154 cm³/mol. The highest BCUT2D eigenvalue weighted by Crippen LogP contribution is 2.47. The summed E-state index contributed by atoms with van der Waals surface area (Å²) in [4.78, 5) is 18.7. The molecule has 3 aromatic heterocycles. The molecule has 3 aliphatic rings. The quantitative estimate of drug-likeness (QED) is 0.376. The van der Waals surface area contributed by atoms with Crippen LogP contribution in [-0.2, 0) is 0 Å². The number of nitrogens with zero attached hydrogens (tertiary/aromatic N) is 7. The lowest BCUT2D eigenvalue weighted by Crippen LogP contribution is -2.56. The summed E-state index contributed by atoms with van der Waals surface area (Å²) in [5, 5.41) is 10.0. The first-order chi connectivity index (χ1) is 18.4. The van der Waals surface area contributed by atoms with Gasteiger partial charge in [0.25, 0.3) is 0 Å². The molecule has 9 nitrogen and oxygen atoms in total. The van der Waals surface area contributed by atoms with E-state index in [1.807, 2.05) is 6.92 Å². The zero-order valence-electron chi connectivity index (χ0n) is 22.3. The lowest BCUT2D eigenvalue weighted by Gasteiger charge is -2.46. The van der Waals surface area contributed by atoms with E-state index in [9.17, 15) is 0 Å². The standard InChI is InChI=1S/C28H35N9S/c1-16-10-21(32-28-33-27(29)37(34-28)26-25-24(30-15-31-26)17(2)14-38-25)6-7-22(16)35-8-9-36(18(3)13-35)23-12-19-4-5-20(23)11-19/h6-7,10,14-15,18-20,23H,4-5,8-9,11-13H2,1-3H3,(H3,29,32,33,34)/t18-,19-,20+,23+/m1/s1. The lowest BCUT2D eigenvalue weighted by molar-refractivity contribution is 0.0901. The van der Waals surface area contributed by atoms with Gasteiger partial charge in [0, 0.05) is 43.1 Å². The van der Waals surface area contributed by atoms with Crippen molar-refractivity contribution in [3.8, 4) is 5.82 Å². The summed E-state index contributed by atoms with van der Waals surface area (Å²) < 4.78 is 2.53. The Balaban J connectivity index is 1.06. The van der Waals surface area contributed by atoms with E-state index in [1.54, 1.807) is 22.3 Å². The second-order valence-corrected chi connectivity index (χ2v) is 12.3. The maximum atomic E-state index is 6.25. The molecule has 0 spiro atoms. The van der Waals surface area contributed by atoms with Gasteiger partial charge in [-0.15, -0.1) is 16.4 Å². The zero-order chi connectivity index (χ0) is 26.0. The van der Waals surface area contributed by atoms with Gasteiger partial charge < -0.3 is 16.0 Å². The third kappa shape index (κ3) is 4.01. The van der Waals surface area contributed by atoms with Gasteiger partial charge in [-0.05, 0) is 86.6 Å². The summed E-state index contributed by atoms with van der Waals surface area (Å²) in [7, 11) is 0. The summed E-state index contributed by atoms with van der Waals surface area (Å²) in [6.07, 6.45) is 7.37. The number of hydrogen-bond donors (Lipinski definition) is 2. The molecule has 4 heterocycles. The van der Waals surface area contributed by atoms with E-state index < -0.39 is 0 Å². The minimum absolute atomic E-state index is 0.286. The lowest BCUT2D eigenvalue weighted by atomic mass is 9.92. The van der Waals surface area contributed by atoms with Crippen LogP contribution in [0.2, 0.25) is 0 Å². The molecule has 7 rings (SSSR count). The number of fused-ring (bicyclic) bond motifs is 3. The van der Waals surface area contributed by atoms with Gasteiger partial charge in [0.1, 0.15) is 6.33 Å². The fraction of sp³-hybridized carbons (Fsp3) is 0.500. The molecule has 2 bridgehead atoms. The predicted octanol–water partition coefficient (Wildman–Crippen LogP) is 4.91. The Bertz CT molecular complexity index is 1490. The Morgan fingerprint density at radius 1 is 1.08 bits per heavy atom. The molecule has 4 atom stereocenters. The molecule has 198 valence electrons. The van der Waals surface area contributed by atoms with Crippen molar-refractivity contribution in [3.63, 3.8) is 0 Å². The fourth-order valence-electron chi connectivity index (χ4n) is 7.16. The van der Waals surface area contributed by atoms with Crippen LogP contribution >= 0.6 is 11.3 Å². The Morgan fingerprint density at radius 3 is 2.74 bits per heavy atom. The molecule has 2 saturated carbocycles. The molecule has 0 radical (unpaired) electrons. The van der Waals surface area contributed by atoms with E-state index in [2.05, 4.69) is 72.6 Å². The van der Waals surface area contributed by atoms with E-state index in [0.29, 0.717) is 17.8 Å². The summed E-state index contributed by atoms with van der Waals surface area (Å²) in [6.45, 7) is 9.97. The van der Waals surface area contributed by atoms with Crippen molar-refractivity contribution in [2.75, 3.05) is 35.6 Å². The summed E-state index contributed by atoms with van der Waals surface area (Å²) in [5.74, 6) is 3.33. The molecule has 3 fully saturated rings. The SMILES string of the molecule is Cc1cc(Nc2nc(N)n(-c3ncnc4c(C)csc34)n2)ccc1N1CCN([C@H]2C[C@@H]3CC[C@H]2C3)[C@H](C)C1. The molecule has 0 amide bonds. The number of anilines is 4. The van der Waals surface area contributed by atoms with Crippen molar-refractivity contribution in [2.24, 2.45) is 11.8 Å². The van der Waals surface area contributed by atoms with Crippen molar-refractivity contribution < 1.29 is 0 Å². The van der Waals surface area contributed by atoms with Crippen LogP contribution in [0.25, 0.3) is 16.0 Å². The number of rotatable bonds is 5. The van der Waals surface area contributed by atoms with Gasteiger partial charge in [-0.2, -0.15) is 9.67 Å². The van der Waals surface area contributed by atoms with E-state index in [1.165, 1.54) is 36.9 Å². The first-order valence-electron chi connectivity index (χ1n) is 13.7. The van der Waals surface area contributed by atoms with Crippen LogP contribution < -0.4 is 16.0 Å². The van der Waals surface area contributed by atoms with Crippen LogP contribution in [0.1, 0.15) is 43.7 Å². The van der Waals surface area contributed by atoms with Crippen LogP contribution in [0.5, 0.6) is 0 Å². The average Bonchev–Trinajstić information content (AvgIpc) is 3.69. The number of nitrogens with one attached hydrogen (secondary N) is 1. The van der Waals surface area contributed by atoms with Gasteiger partial charge in [0.05, 0.1) is 10.2 Å². The van der Waals surface area contributed by atoms with Crippen molar-refractivity contribution in [1.82, 2.24) is 29.6 Å². The smallest absolute Gasteiger partial charge is 0.248 e. The minimum Gasteiger partial charge on any atom is -0.368 e. The molecule has 38 heavy (non-hydrogen) atoms. The first kappa shape index (κ1) is 23.8.